The maximum Gasteiger partial charge on any atom is 0.253 e. The molecule has 0 atom stereocenters. The molecule has 0 saturated carbocycles. The predicted molar refractivity (Wildman–Crippen MR) is 135 cm³/mol. The van der Waals surface area contributed by atoms with Crippen molar-refractivity contribution >= 4 is 17.5 Å². The van der Waals surface area contributed by atoms with Crippen molar-refractivity contribution in [3.05, 3.63) is 99.8 Å². The van der Waals surface area contributed by atoms with E-state index in [1.807, 2.05) is 37.3 Å². The predicted octanol–water partition coefficient (Wildman–Crippen LogP) is 5.79. The fourth-order valence-electron chi connectivity index (χ4n) is 4.53. The highest BCUT2D eigenvalue weighted by Crippen LogP contribution is 2.30. The summed E-state index contributed by atoms with van der Waals surface area (Å²) in [7, 11) is 0. The molecule has 0 aliphatic carbocycles. The number of hydrogen-bond donors (Lipinski definition) is 1. The quantitative estimate of drug-likeness (QED) is 0.432. The van der Waals surface area contributed by atoms with Crippen LogP contribution in [0.25, 0.3) is 0 Å². The molecule has 4 nitrogen and oxygen atoms in total. The van der Waals surface area contributed by atoms with E-state index in [-0.39, 0.29) is 5.91 Å². The lowest BCUT2D eigenvalue weighted by atomic mass is 9.89. The molecule has 1 fully saturated rings. The van der Waals surface area contributed by atoms with Crippen LogP contribution >= 0.6 is 11.6 Å². The van der Waals surface area contributed by atoms with Crippen molar-refractivity contribution in [2.75, 3.05) is 19.6 Å². The number of hydrogen-bond acceptors (Lipinski definition) is 3. The molecule has 1 N–H and O–H groups in total. The molecule has 2 heterocycles. The van der Waals surface area contributed by atoms with Gasteiger partial charge in [-0.25, -0.2) is 0 Å². The van der Waals surface area contributed by atoms with E-state index in [0.717, 1.165) is 67.3 Å². The van der Waals surface area contributed by atoms with Gasteiger partial charge in [-0.2, -0.15) is 0 Å². The summed E-state index contributed by atoms with van der Waals surface area (Å²) in [5.74, 6) is 0.311. The summed E-state index contributed by atoms with van der Waals surface area (Å²) in [5, 5.41) is 3.89. The topological polar surface area (TPSA) is 45.2 Å². The third kappa shape index (κ3) is 6.66. The minimum Gasteiger partial charge on any atom is -0.352 e. The normalized spacial score (nSPS) is 14.8. The van der Waals surface area contributed by atoms with Crippen molar-refractivity contribution < 1.29 is 4.79 Å². The summed E-state index contributed by atoms with van der Waals surface area (Å²) >= 11 is 6.01. The second kappa shape index (κ2) is 11.4. The third-order valence-corrected chi connectivity index (χ3v) is 6.62. The van der Waals surface area contributed by atoms with Gasteiger partial charge in [0.1, 0.15) is 0 Å². The fourth-order valence-corrected chi connectivity index (χ4v) is 4.65. The van der Waals surface area contributed by atoms with Crippen molar-refractivity contribution in [2.24, 2.45) is 0 Å². The molecule has 1 amide bonds. The second-order valence-electron chi connectivity index (χ2n) is 8.91. The average Bonchev–Trinajstić information content (AvgIpc) is 2.84. The summed E-state index contributed by atoms with van der Waals surface area (Å²) in [6.45, 7) is 5.60. The Morgan fingerprint density at radius 2 is 1.73 bits per heavy atom. The first-order valence-electron chi connectivity index (χ1n) is 11.8. The number of halogens is 1. The van der Waals surface area contributed by atoms with E-state index in [1.54, 1.807) is 0 Å². The molecule has 3 aromatic rings. The zero-order chi connectivity index (χ0) is 23.0. The van der Waals surface area contributed by atoms with Crippen molar-refractivity contribution in [2.45, 2.75) is 45.1 Å². The van der Waals surface area contributed by atoms with Gasteiger partial charge in [0.25, 0.3) is 5.91 Å². The van der Waals surface area contributed by atoms with E-state index in [0.29, 0.717) is 12.5 Å². The first-order valence-corrected chi connectivity index (χ1v) is 12.2. The average molecular weight is 462 g/mol. The summed E-state index contributed by atoms with van der Waals surface area (Å²) < 4.78 is 0. The van der Waals surface area contributed by atoms with Gasteiger partial charge in [-0.05, 0) is 81.1 Å². The number of aromatic nitrogens is 1. The minimum absolute atomic E-state index is 0.00541. The van der Waals surface area contributed by atoms with Crippen molar-refractivity contribution in [3.8, 4) is 0 Å². The van der Waals surface area contributed by atoms with Crippen LogP contribution in [0, 0.1) is 6.92 Å². The first-order chi connectivity index (χ1) is 16.1. The SMILES string of the molecule is Cc1ccc(C(=O)NCCCc2ccccc2)c(C2CCN(Cc3ccc(Cl)cc3)CC2)n1. The summed E-state index contributed by atoms with van der Waals surface area (Å²) in [4.78, 5) is 20.3. The highest BCUT2D eigenvalue weighted by Gasteiger charge is 2.26. The molecular weight excluding hydrogens is 430 g/mol. The molecule has 1 aromatic heterocycles. The number of benzene rings is 2. The zero-order valence-corrected chi connectivity index (χ0v) is 20.0. The molecular formula is C28H32ClN3O. The Morgan fingerprint density at radius 3 is 2.45 bits per heavy atom. The van der Waals surface area contributed by atoms with Crippen LogP contribution in [0.1, 0.15) is 58.1 Å². The van der Waals surface area contributed by atoms with Gasteiger partial charge in [0.15, 0.2) is 0 Å². The lowest BCUT2D eigenvalue weighted by molar-refractivity contribution is 0.0950. The van der Waals surface area contributed by atoms with Crippen LogP contribution in [0.4, 0.5) is 0 Å². The second-order valence-corrected chi connectivity index (χ2v) is 9.34. The van der Waals surface area contributed by atoms with Crippen LogP contribution in [0.2, 0.25) is 5.02 Å². The number of aryl methyl sites for hydroxylation is 2. The van der Waals surface area contributed by atoms with E-state index in [4.69, 9.17) is 16.6 Å². The van der Waals surface area contributed by atoms with Gasteiger partial charge in [0, 0.05) is 29.7 Å². The smallest absolute Gasteiger partial charge is 0.253 e. The van der Waals surface area contributed by atoms with Gasteiger partial charge in [-0.15, -0.1) is 0 Å². The van der Waals surface area contributed by atoms with Gasteiger partial charge in [0.2, 0.25) is 0 Å². The highest BCUT2D eigenvalue weighted by molar-refractivity contribution is 6.30. The number of amides is 1. The Labute approximate surface area is 202 Å². The lowest BCUT2D eigenvalue weighted by Gasteiger charge is -2.32. The maximum absolute atomic E-state index is 13.0. The first kappa shape index (κ1) is 23.5. The van der Waals surface area contributed by atoms with E-state index in [2.05, 4.69) is 46.6 Å². The van der Waals surface area contributed by atoms with Gasteiger partial charge in [0.05, 0.1) is 11.3 Å². The molecule has 1 saturated heterocycles. The minimum atomic E-state index is -0.00541. The molecule has 2 aromatic carbocycles. The lowest BCUT2D eigenvalue weighted by Crippen LogP contribution is -2.34. The molecule has 0 spiro atoms. The number of pyridine rings is 1. The van der Waals surface area contributed by atoms with Gasteiger partial charge >= 0.3 is 0 Å². The van der Waals surface area contributed by atoms with E-state index >= 15 is 0 Å². The van der Waals surface area contributed by atoms with E-state index in [9.17, 15) is 4.79 Å². The molecule has 1 aliphatic heterocycles. The van der Waals surface area contributed by atoms with Gasteiger partial charge < -0.3 is 5.32 Å². The summed E-state index contributed by atoms with van der Waals surface area (Å²) in [6, 6.07) is 22.4. The van der Waals surface area contributed by atoms with Crippen LogP contribution in [-0.2, 0) is 13.0 Å². The standard InChI is InChI=1S/C28H32ClN3O/c1-21-9-14-26(28(33)30-17-5-8-22-6-3-2-4-7-22)27(31-21)24-15-18-32(19-16-24)20-23-10-12-25(29)13-11-23/h2-4,6-7,9-14,24H,5,8,15-20H2,1H3,(H,30,33). The molecule has 5 heteroatoms. The van der Waals surface area contributed by atoms with Crippen LogP contribution < -0.4 is 5.32 Å². The number of piperidine rings is 1. The Kier molecular flexibility index (Phi) is 8.14. The Bertz CT molecular complexity index is 1040. The monoisotopic (exact) mass is 461 g/mol. The zero-order valence-electron chi connectivity index (χ0n) is 19.3. The third-order valence-electron chi connectivity index (χ3n) is 6.37. The molecule has 0 radical (unpaired) electrons. The molecule has 4 rings (SSSR count). The number of likely N-dealkylation sites (tertiary alicyclic amines) is 1. The van der Waals surface area contributed by atoms with Crippen molar-refractivity contribution in [3.63, 3.8) is 0 Å². The van der Waals surface area contributed by atoms with Crippen LogP contribution in [-0.4, -0.2) is 35.4 Å². The molecule has 1 aliphatic rings. The van der Waals surface area contributed by atoms with Crippen molar-refractivity contribution in [1.29, 1.82) is 0 Å². The maximum atomic E-state index is 13.0. The summed E-state index contributed by atoms with van der Waals surface area (Å²) in [6.07, 6.45) is 3.91. The van der Waals surface area contributed by atoms with Gasteiger partial charge in [-0.3, -0.25) is 14.7 Å². The van der Waals surface area contributed by atoms with E-state index in [1.165, 1.54) is 11.1 Å². The molecule has 0 bridgehead atoms. The number of rotatable bonds is 8. The van der Waals surface area contributed by atoms with E-state index < -0.39 is 0 Å². The number of nitrogens with one attached hydrogen (secondary N) is 1. The summed E-state index contributed by atoms with van der Waals surface area (Å²) in [5.41, 5.74) is 5.24. The van der Waals surface area contributed by atoms with Crippen molar-refractivity contribution in [1.82, 2.24) is 15.2 Å². The van der Waals surface area contributed by atoms with Gasteiger partial charge in [-0.1, -0.05) is 54.1 Å². The fraction of sp³-hybridized carbons (Fsp3) is 0.357. The largest absolute Gasteiger partial charge is 0.352 e. The highest BCUT2D eigenvalue weighted by atomic mass is 35.5. The van der Waals surface area contributed by atoms with Crippen LogP contribution in [0.5, 0.6) is 0 Å². The van der Waals surface area contributed by atoms with Crippen LogP contribution in [0.3, 0.4) is 0 Å². The number of nitrogens with zero attached hydrogens (tertiary/aromatic N) is 2. The number of carbonyl (C=O) groups excluding carboxylic acids is 1. The van der Waals surface area contributed by atoms with Crippen LogP contribution in [0.15, 0.2) is 66.7 Å². The Morgan fingerprint density at radius 1 is 1.00 bits per heavy atom. The molecule has 172 valence electrons. The molecule has 0 unspecified atom stereocenters. The Hall–Kier alpha value is -2.69. The Balaban J connectivity index is 1.32. The molecule has 33 heavy (non-hydrogen) atoms. The number of carbonyl (C=O) groups is 1.